The zero-order valence-electron chi connectivity index (χ0n) is 8.86. The zero-order valence-corrected chi connectivity index (χ0v) is 8.86. The Morgan fingerprint density at radius 2 is 1.71 bits per heavy atom. The molecule has 0 spiro atoms. The largest absolute Gasteiger partial charge is 0.339 e. The molecule has 0 aliphatic heterocycles. The van der Waals surface area contributed by atoms with Crippen LogP contribution >= 0.6 is 0 Å². The minimum absolute atomic E-state index is 0.622. The van der Waals surface area contributed by atoms with E-state index in [2.05, 4.69) is 5.32 Å². The molecule has 0 fully saturated rings. The fourth-order valence-corrected chi connectivity index (χ4v) is 1.34. The maximum atomic E-state index is 5.25. The van der Waals surface area contributed by atoms with E-state index >= 15 is 0 Å². The van der Waals surface area contributed by atoms with Crippen molar-refractivity contribution < 1.29 is 9.47 Å². The van der Waals surface area contributed by atoms with Crippen molar-refractivity contribution >= 4 is 0 Å². The summed E-state index contributed by atoms with van der Waals surface area (Å²) in [6.07, 6.45) is 0.622. The van der Waals surface area contributed by atoms with Gasteiger partial charge in [-0.05, 0) is 5.56 Å². The second-order valence-electron chi connectivity index (χ2n) is 3.01. The number of benzene rings is 1. The maximum absolute atomic E-state index is 5.25. The molecule has 0 aromatic heterocycles. The van der Waals surface area contributed by atoms with Crippen LogP contribution in [0.3, 0.4) is 0 Å². The molecule has 0 saturated heterocycles. The summed E-state index contributed by atoms with van der Waals surface area (Å²) >= 11 is 0. The Kier molecular flexibility index (Phi) is 4.07. The summed E-state index contributed by atoms with van der Waals surface area (Å²) in [5.41, 5.74) is 1.14. The van der Waals surface area contributed by atoms with Crippen molar-refractivity contribution in [3.05, 3.63) is 35.9 Å². The molecule has 0 unspecified atom stereocenters. The molecule has 0 bridgehead atoms. The molecule has 0 heterocycles. The van der Waals surface area contributed by atoms with E-state index in [1.165, 1.54) is 0 Å². The fourth-order valence-electron chi connectivity index (χ4n) is 1.34. The lowest BCUT2D eigenvalue weighted by atomic mass is 10.1. The predicted octanol–water partition coefficient (Wildman–Crippen LogP) is 1.41. The molecule has 1 aromatic carbocycles. The van der Waals surface area contributed by atoms with E-state index in [1.807, 2.05) is 30.3 Å². The van der Waals surface area contributed by atoms with Gasteiger partial charge in [0.1, 0.15) is 0 Å². The number of methoxy groups -OCH3 is 2. The van der Waals surface area contributed by atoms with Gasteiger partial charge in [-0.3, -0.25) is 0 Å². The first-order chi connectivity index (χ1) is 6.76. The lowest BCUT2D eigenvalue weighted by molar-refractivity contribution is -0.225. The Morgan fingerprint density at radius 1 is 1.14 bits per heavy atom. The number of likely N-dealkylation sites (N-methyl/N-ethyl adjacent to an activating group) is 1. The van der Waals surface area contributed by atoms with Crippen LogP contribution in [0.2, 0.25) is 0 Å². The highest BCUT2D eigenvalue weighted by atomic mass is 16.7. The van der Waals surface area contributed by atoms with Crippen LogP contribution in [0.25, 0.3) is 0 Å². The molecule has 77 valence electrons. The van der Waals surface area contributed by atoms with Crippen molar-refractivity contribution in [1.29, 1.82) is 0 Å². The molecular weight excluding hydrogens is 178 g/mol. The van der Waals surface area contributed by atoms with Gasteiger partial charge in [-0.1, -0.05) is 30.3 Å². The average molecular weight is 194 g/mol. The van der Waals surface area contributed by atoms with E-state index in [-0.39, 0.29) is 0 Å². The van der Waals surface area contributed by atoms with E-state index in [9.17, 15) is 0 Å². The summed E-state index contributed by atoms with van der Waals surface area (Å²) in [5, 5.41) is 4.11. The second-order valence-corrected chi connectivity index (χ2v) is 3.01. The van der Waals surface area contributed by atoms with Gasteiger partial charge < -0.3 is 9.47 Å². The number of ether oxygens (including phenoxy) is 2. The van der Waals surface area contributed by atoms with Gasteiger partial charge in [-0.15, -0.1) is 0 Å². The summed E-state index contributed by atoms with van der Waals surface area (Å²) in [6, 6.07) is 10.0. The molecule has 0 amide bonds. The first kappa shape index (κ1) is 11.2. The summed E-state index contributed by atoms with van der Waals surface area (Å²) in [6.45, 7) is 0. The van der Waals surface area contributed by atoms with Gasteiger partial charge in [-0.25, -0.2) is 0 Å². The Balaban J connectivity index is 2.74. The normalized spacial score (nSPS) is 11.6. The lowest BCUT2D eigenvalue weighted by Crippen LogP contribution is -2.44. The SMILES string of the molecule is C[N]C(Cc1ccccc1)(OC)OC. The van der Waals surface area contributed by atoms with Crippen LogP contribution in [0.4, 0.5) is 0 Å². The first-order valence-corrected chi connectivity index (χ1v) is 4.51. The molecule has 14 heavy (non-hydrogen) atoms. The van der Waals surface area contributed by atoms with Crippen molar-refractivity contribution in [2.24, 2.45) is 0 Å². The van der Waals surface area contributed by atoms with Gasteiger partial charge in [0.25, 0.3) is 0 Å². The van der Waals surface area contributed by atoms with Crippen LogP contribution in [0.1, 0.15) is 5.56 Å². The van der Waals surface area contributed by atoms with Crippen molar-refractivity contribution in [1.82, 2.24) is 5.32 Å². The Hall–Kier alpha value is -0.900. The Bertz CT molecular complexity index is 249. The summed E-state index contributed by atoms with van der Waals surface area (Å²) in [4.78, 5) is 0. The number of nitrogens with zero attached hydrogens (tertiary/aromatic N) is 1. The van der Waals surface area contributed by atoms with E-state index in [1.54, 1.807) is 21.3 Å². The van der Waals surface area contributed by atoms with Crippen LogP contribution in [0, 0.1) is 0 Å². The highest BCUT2D eigenvalue weighted by Gasteiger charge is 2.28. The number of hydrogen-bond acceptors (Lipinski definition) is 2. The molecular formula is C11H16NO2. The molecule has 0 aliphatic rings. The van der Waals surface area contributed by atoms with Crippen LogP contribution in [-0.4, -0.2) is 27.2 Å². The quantitative estimate of drug-likeness (QED) is 0.664. The number of hydrogen-bond donors (Lipinski definition) is 0. The van der Waals surface area contributed by atoms with Crippen LogP contribution in [-0.2, 0) is 15.9 Å². The van der Waals surface area contributed by atoms with Gasteiger partial charge in [-0.2, -0.15) is 5.32 Å². The van der Waals surface area contributed by atoms with Crippen molar-refractivity contribution in [3.63, 3.8) is 0 Å². The average Bonchev–Trinajstić information content (AvgIpc) is 2.28. The molecule has 1 rings (SSSR count). The van der Waals surface area contributed by atoms with Gasteiger partial charge in [0.2, 0.25) is 5.91 Å². The van der Waals surface area contributed by atoms with E-state index in [0.717, 1.165) is 5.56 Å². The predicted molar refractivity (Wildman–Crippen MR) is 55.0 cm³/mol. The molecule has 3 heteroatoms. The summed E-state index contributed by atoms with van der Waals surface area (Å²) in [7, 11) is 4.88. The fraction of sp³-hybridized carbons (Fsp3) is 0.455. The third-order valence-electron chi connectivity index (χ3n) is 2.25. The van der Waals surface area contributed by atoms with E-state index in [0.29, 0.717) is 6.42 Å². The summed E-state index contributed by atoms with van der Waals surface area (Å²) in [5.74, 6) is -0.846. The second kappa shape index (κ2) is 5.10. The van der Waals surface area contributed by atoms with Crippen molar-refractivity contribution in [2.45, 2.75) is 12.3 Å². The first-order valence-electron chi connectivity index (χ1n) is 4.51. The molecule has 0 atom stereocenters. The molecule has 1 aromatic rings. The molecule has 0 N–H and O–H groups in total. The monoisotopic (exact) mass is 194 g/mol. The highest BCUT2D eigenvalue weighted by Crippen LogP contribution is 2.15. The van der Waals surface area contributed by atoms with E-state index in [4.69, 9.17) is 9.47 Å². The third kappa shape index (κ3) is 2.54. The smallest absolute Gasteiger partial charge is 0.246 e. The van der Waals surface area contributed by atoms with Crippen LogP contribution < -0.4 is 5.32 Å². The van der Waals surface area contributed by atoms with Gasteiger partial charge in [0.05, 0.1) is 0 Å². The lowest BCUT2D eigenvalue weighted by Gasteiger charge is -2.28. The van der Waals surface area contributed by atoms with Crippen molar-refractivity contribution in [2.75, 3.05) is 21.3 Å². The molecule has 1 radical (unpaired) electrons. The third-order valence-corrected chi connectivity index (χ3v) is 2.25. The Labute approximate surface area is 85.0 Å². The molecule has 3 nitrogen and oxygen atoms in total. The van der Waals surface area contributed by atoms with Crippen LogP contribution in [0.5, 0.6) is 0 Å². The standard InChI is InChI=1S/C11H16NO2/c1-12-11(13-2,14-3)9-10-7-5-4-6-8-10/h4-8H,9H2,1-3H3. The minimum atomic E-state index is -0.846. The minimum Gasteiger partial charge on any atom is -0.339 e. The highest BCUT2D eigenvalue weighted by molar-refractivity contribution is 5.16. The number of rotatable bonds is 5. The Morgan fingerprint density at radius 3 is 2.14 bits per heavy atom. The van der Waals surface area contributed by atoms with Gasteiger partial charge in [0.15, 0.2) is 0 Å². The van der Waals surface area contributed by atoms with Crippen molar-refractivity contribution in [3.8, 4) is 0 Å². The summed E-state index contributed by atoms with van der Waals surface area (Å²) < 4.78 is 10.5. The van der Waals surface area contributed by atoms with Gasteiger partial charge in [0, 0.05) is 27.7 Å². The van der Waals surface area contributed by atoms with Crippen LogP contribution in [0.15, 0.2) is 30.3 Å². The molecule has 0 aliphatic carbocycles. The van der Waals surface area contributed by atoms with E-state index < -0.39 is 5.91 Å². The molecule has 0 saturated carbocycles. The maximum Gasteiger partial charge on any atom is 0.246 e. The topological polar surface area (TPSA) is 32.6 Å². The zero-order chi connectivity index (χ0) is 10.4. The van der Waals surface area contributed by atoms with Gasteiger partial charge >= 0.3 is 0 Å².